The number of unbranched alkanes of at least 4 members (excludes halogenated alkanes) is 5. The molecule has 0 aliphatic heterocycles. The van der Waals surface area contributed by atoms with Crippen LogP contribution in [0.4, 0.5) is 0 Å². The minimum absolute atomic E-state index is 0.768. The molecule has 0 amide bonds. The first-order valence-corrected chi connectivity index (χ1v) is 11.5. The van der Waals surface area contributed by atoms with Crippen molar-refractivity contribution in [3.63, 3.8) is 0 Å². The molecule has 0 saturated heterocycles. The molecule has 1 aromatic heterocycles. The summed E-state index contributed by atoms with van der Waals surface area (Å²) in [5.74, 6) is 6.39. The average molecular weight is 420 g/mol. The Morgan fingerprint density at radius 1 is 0.719 bits per heavy atom. The minimum Gasteiger partial charge on any atom is -0.494 e. The van der Waals surface area contributed by atoms with Crippen LogP contribution in [-0.4, -0.2) is 11.2 Å². The van der Waals surface area contributed by atoms with E-state index < -0.39 is 0 Å². The second kappa shape index (κ2) is 10.1. The topological polar surface area (TPSA) is 14.2 Å². The van der Waals surface area contributed by atoms with Crippen LogP contribution in [0, 0.1) is 24.7 Å². The zero-order valence-electron chi connectivity index (χ0n) is 18.7. The number of hydrogen-bond donors (Lipinski definition) is 0. The second-order valence-corrected chi connectivity index (χ2v) is 8.20. The predicted molar refractivity (Wildman–Crippen MR) is 136 cm³/mol. The van der Waals surface area contributed by atoms with Gasteiger partial charge < -0.3 is 9.30 Å². The predicted octanol–water partition coefficient (Wildman–Crippen LogP) is 7.49. The summed E-state index contributed by atoms with van der Waals surface area (Å²) in [7, 11) is 0. The molecule has 160 valence electrons. The maximum Gasteiger partial charge on any atom is 0.119 e. The molecule has 0 bridgehead atoms. The van der Waals surface area contributed by atoms with Crippen molar-refractivity contribution in [1.82, 2.24) is 4.57 Å². The van der Waals surface area contributed by atoms with Crippen LogP contribution in [0.1, 0.15) is 56.6 Å². The Labute approximate surface area is 191 Å². The van der Waals surface area contributed by atoms with Gasteiger partial charge in [-0.1, -0.05) is 50.9 Å². The van der Waals surface area contributed by atoms with Crippen molar-refractivity contribution < 1.29 is 4.74 Å². The van der Waals surface area contributed by atoms with Crippen LogP contribution >= 0.6 is 0 Å². The standard InChI is InChI=1S/C30H29NO/c1-4-7-8-9-10-11-20-32-26-16-14-25(15-17-26)31-29-18-12-23(5-2)21-27(29)28-22-24(6-3)13-19-30(28)31/h2-3,12-19,21-22H,4,7-11,20H2,1H3. The lowest BCUT2D eigenvalue weighted by atomic mass is 10.1. The van der Waals surface area contributed by atoms with E-state index in [1.54, 1.807) is 0 Å². The SMILES string of the molecule is C#Cc1ccc2c(c1)c1cc(C#C)ccc1n2-c1ccc(OCCCCCCCC)cc1. The number of hydrogen-bond acceptors (Lipinski definition) is 1. The van der Waals surface area contributed by atoms with Gasteiger partial charge in [-0.3, -0.25) is 0 Å². The van der Waals surface area contributed by atoms with Crippen LogP contribution in [0.5, 0.6) is 5.75 Å². The molecule has 2 nitrogen and oxygen atoms in total. The molecule has 1 heterocycles. The monoisotopic (exact) mass is 419 g/mol. The van der Waals surface area contributed by atoms with Gasteiger partial charge in [-0.15, -0.1) is 12.8 Å². The lowest BCUT2D eigenvalue weighted by Gasteiger charge is -2.10. The van der Waals surface area contributed by atoms with E-state index in [-0.39, 0.29) is 0 Å². The number of aromatic nitrogens is 1. The van der Waals surface area contributed by atoms with E-state index in [1.165, 1.54) is 32.1 Å². The summed E-state index contributed by atoms with van der Waals surface area (Å²) in [6.45, 7) is 3.01. The van der Waals surface area contributed by atoms with Gasteiger partial charge in [0, 0.05) is 27.6 Å². The Morgan fingerprint density at radius 2 is 1.28 bits per heavy atom. The zero-order valence-corrected chi connectivity index (χ0v) is 18.7. The number of terminal acetylenes is 2. The summed E-state index contributed by atoms with van der Waals surface area (Å²) in [5, 5.41) is 2.21. The molecule has 0 aliphatic rings. The highest BCUT2D eigenvalue weighted by molar-refractivity contribution is 6.10. The fourth-order valence-corrected chi connectivity index (χ4v) is 4.24. The van der Waals surface area contributed by atoms with E-state index in [2.05, 4.69) is 71.9 Å². The van der Waals surface area contributed by atoms with E-state index in [9.17, 15) is 0 Å². The Kier molecular flexibility index (Phi) is 6.84. The highest BCUT2D eigenvalue weighted by atomic mass is 16.5. The van der Waals surface area contributed by atoms with Gasteiger partial charge >= 0.3 is 0 Å². The molecule has 0 N–H and O–H groups in total. The molecule has 4 aromatic rings. The molecule has 0 saturated carbocycles. The molecular weight excluding hydrogens is 390 g/mol. The van der Waals surface area contributed by atoms with Gasteiger partial charge in [0.1, 0.15) is 5.75 Å². The third-order valence-electron chi connectivity index (χ3n) is 5.96. The summed E-state index contributed by atoms with van der Waals surface area (Å²) < 4.78 is 8.22. The molecule has 4 rings (SSSR count). The van der Waals surface area contributed by atoms with Crippen LogP contribution in [-0.2, 0) is 0 Å². The molecule has 32 heavy (non-hydrogen) atoms. The molecule has 0 spiro atoms. The number of rotatable bonds is 9. The Morgan fingerprint density at radius 3 is 1.84 bits per heavy atom. The second-order valence-electron chi connectivity index (χ2n) is 8.20. The van der Waals surface area contributed by atoms with Gasteiger partial charge in [-0.25, -0.2) is 0 Å². The lowest BCUT2D eigenvalue weighted by Crippen LogP contribution is -1.98. The summed E-state index contributed by atoms with van der Waals surface area (Å²) >= 11 is 0. The third-order valence-corrected chi connectivity index (χ3v) is 5.96. The van der Waals surface area contributed by atoms with Gasteiger partial charge in [0.2, 0.25) is 0 Å². The van der Waals surface area contributed by atoms with Gasteiger partial charge in [-0.2, -0.15) is 0 Å². The fraction of sp³-hybridized carbons (Fsp3) is 0.267. The van der Waals surface area contributed by atoms with E-state index in [0.29, 0.717) is 0 Å². The van der Waals surface area contributed by atoms with Crippen molar-refractivity contribution in [3.8, 4) is 36.1 Å². The maximum absolute atomic E-state index is 5.97. The maximum atomic E-state index is 5.97. The van der Waals surface area contributed by atoms with Crippen LogP contribution in [0.15, 0.2) is 60.7 Å². The van der Waals surface area contributed by atoms with Gasteiger partial charge in [0.25, 0.3) is 0 Å². The Bertz CT molecular complexity index is 1220. The number of ether oxygens (including phenoxy) is 1. The minimum atomic E-state index is 0.768. The van der Waals surface area contributed by atoms with Crippen molar-refractivity contribution in [2.24, 2.45) is 0 Å². The van der Waals surface area contributed by atoms with Gasteiger partial charge in [-0.05, 0) is 67.1 Å². The zero-order chi connectivity index (χ0) is 22.3. The van der Waals surface area contributed by atoms with E-state index in [1.807, 2.05) is 12.1 Å². The van der Waals surface area contributed by atoms with Crippen LogP contribution in [0.3, 0.4) is 0 Å². The van der Waals surface area contributed by atoms with Crippen molar-refractivity contribution >= 4 is 21.8 Å². The molecular formula is C30H29NO. The molecule has 0 atom stereocenters. The van der Waals surface area contributed by atoms with E-state index >= 15 is 0 Å². The molecule has 2 heteroatoms. The Balaban J connectivity index is 1.59. The summed E-state index contributed by atoms with van der Waals surface area (Å²) in [6.07, 6.45) is 18.9. The van der Waals surface area contributed by atoms with Crippen molar-refractivity contribution in [3.05, 3.63) is 71.8 Å². The fourth-order valence-electron chi connectivity index (χ4n) is 4.24. The van der Waals surface area contributed by atoms with Crippen molar-refractivity contribution in [2.45, 2.75) is 45.4 Å². The number of nitrogens with zero attached hydrogens (tertiary/aromatic N) is 1. The molecule has 0 radical (unpaired) electrons. The van der Waals surface area contributed by atoms with E-state index in [0.717, 1.165) is 57.4 Å². The van der Waals surface area contributed by atoms with Gasteiger partial charge in [0.05, 0.1) is 17.6 Å². The molecule has 3 aromatic carbocycles. The summed E-state index contributed by atoms with van der Waals surface area (Å²) in [6, 6.07) is 20.6. The average Bonchev–Trinajstić information content (AvgIpc) is 3.16. The van der Waals surface area contributed by atoms with Crippen molar-refractivity contribution in [1.29, 1.82) is 0 Å². The third kappa shape index (κ3) is 4.51. The van der Waals surface area contributed by atoms with Gasteiger partial charge in [0.15, 0.2) is 0 Å². The van der Waals surface area contributed by atoms with Crippen LogP contribution in [0.25, 0.3) is 27.5 Å². The highest BCUT2D eigenvalue weighted by Crippen LogP contribution is 2.33. The highest BCUT2D eigenvalue weighted by Gasteiger charge is 2.13. The largest absolute Gasteiger partial charge is 0.494 e. The van der Waals surface area contributed by atoms with Crippen LogP contribution < -0.4 is 4.74 Å². The normalized spacial score (nSPS) is 10.8. The first-order valence-electron chi connectivity index (χ1n) is 11.5. The van der Waals surface area contributed by atoms with Crippen LogP contribution in [0.2, 0.25) is 0 Å². The van der Waals surface area contributed by atoms with E-state index in [4.69, 9.17) is 17.6 Å². The molecule has 0 aliphatic carbocycles. The smallest absolute Gasteiger partial charge is 0.119 e. The van der Waals surface area contributed by atoms with Crippen molar-refractivity contribution in [2.75, 3.05) is 6.61 Å². The quantitative estimate of drug-likeness (QED) is 0.202. The first kappa shape index (κ1) is 21.6. The lowest BCUT2D eigenvalue weighted by molar-refractivity contribution is 0.304. The number of fused-ring (bicyclic) bond motifs is 3. The summed E-state index contributed by atoms with van der Waals surface area (Å²) in [5.41, 5.74) is 5.02. The molecule has 0 fully saturated rings. The first-order chi connectivity index (χ1) is 15.7. The summed E-state index contributed by atoms with van der Waals surface area (Å²) in [4.78, 5) is 0. The number of benzene rings is 3. The molecule has 0 unspecified atom stereocenters. The Hall–Kier alpha value is -3.62.